The van der Waals surface area contributed by atoms with Crippen LogP contribution in [0.3, 0.4) is 0 Å². The highest BCUT2D eigenvalue weighted by molar-refractivity contribution is 5.81. The molecule has 0 aromatic rings. The Balaban J connectivity index is 2.59. The van der Waals surface area contributed by atoms with Gasteiger partial charge in [-0.3, -0.25) is 9.79 Å². The first-order chi connectivity index (χ1) is 8.00. The molecule has 1 fully saturated rings. The maximum Gasteiger partial charge on any atom is 0.236 e. The molecule has 0 aromatic carbocycles. The highest BCUT2D eigenvalue weighted by Gasteiger charge is 2.17. The molecular formula is C12H22N4O. The topological polar surface area (TPSA) is 70.7 Å². The largest absolute Gasteiger partial charge is 0.400 e. The smallest absolute Gasteiger partial charge is 0.236 e. The van der Waals surface area contributed by atoms with Gasteiger partial charge in [0.05, 0.1) is 13.1 Å². The summed E-state index contributed by atoms with van der Waals surface area (Å²) in [7, 11) is 0. The van der Waals surface area contributed by atoms with Crippen LogP contribution in [0.5, 0.6) is 0 Å². The zero-order valence-electron chi connectivity index (χ0n) is 10.9. The van der Waals surface area contributed by atoms with Gasteiger partial charge in [0.1, 0.15) is 0 Å². The molecule has 1 aliphatic heterocycles. The predicted molar refractivity (Wildman–Crippen MR) is 70.0 cm³/mol. The van der Waals surface area contributed by atoms with Gasteiger partial charge in [0.25, 0.3) is 0 Å². The van der Waals surface area contributed by atoms with Crippen molar-refractivity contribution in [2.45, 2.75) is 26.8 Å². The molecule has 0 saturated carbocycles. The van der Waals surface area contributed by atoms with Crippen molar-refractivity contribution in [3.63, 3.8) is 0 Å². The molecule has 1 amide bonds. The van der Waals surface area contributed by atoms with Crippen LogP contribution in [-0.4, -0.2) is 49.2 Å². The molecule has 5 heteroatoms. The number of piperazine rings is 1. The molecule has 1 rings (SSSR count). The van der Waals surface area contributed by atoms with E-state index in [9.17, 15) is 4.79 Å². The molecule has 0 bridgehead atoms. The number of nitrogens with zero attached hydrogens (tertiary/aromatic N) is 2. The van der Waals surface area contributed by atoms with Crippen LogP contribution in [0.2, 0.25) is 0 Å². The lowest BCUT2D eigenvalue weighted by molar-refractivity contribution is -0.131. The van der Waals surface area contributed by atoms with Gasteiger partial charge in [-0.1, -0.05) is 0 Å². The van der Waals surface area contributed by atoms with Crippen LogP contribution in [0.25, 0.3) is 0 Å². The second-order valence-electron chi connectivity index (χ2n) is 4.57. The molecule has 1 heterocycles. The molecule has 1 aliphatic rings. The van der Waals surface area contributed by atoms with Gasteiger partial charge in [-0.25, -0.2) is 0 Å². The SMILES string of the molecule is CC(C=NC(C)C)=C(N)CN1CCNCC1=O. The van der Waals surface area contributed by atoms with Crippen molar-refractivity contribution in [2.24, 2.45) is 10.7 Å². The predicted octanol–water partition coefficient (Wildman–Crippen LogP) is 0.130. The number of nitrogens with two attached hydrogens (primary N) is 1. The first-order valence-electron chi connectivity index (χ1n) is 5.97. The van der Waals surface area contributed by atoms with E-state index in [-0.39, 0.29) is 11.9 Å². The molecule has 0 spiro atoms. The summed E-state index contributed by atoms with van der Waals surface area (Å²) in [6, 6.07) is 0.263. The van der Waals surface area contributed by atoms with E-state index in [0.717, 1.165) is 12.1 Å². The highest BCUT2D eigenvalue weighted by atomic mass is 16.2. The number of amides is 1. The Morgan fingerprint density at radius 2 is 2.35 bits per heavy atom. The third-order valence-corrected chi connectivity index (χ3v) is 2.62. The quantitative estimate of drug-likeness (QED) is 0.684. The van der Waals surface area contributed by atoms with E-state index in [4.69, 9.17) is 5.73 Å². The van der Waals surface area contributed by atoms with Crippen molar-refractivity contribution in [3.8, 4) is 0 Å². The number of hydrogen-bond donors (Lipinski definition) is 2. The van der Waals surface area contributed by atoms with Gasteiger partial charge < -0.3 is 16.0 Å². The fourth-order valence-electron chi connectivity index (χ4n) is 1.49. The number of allylic oxidation sites excluding steroid dienone is 1. The molecule has 0 aliphatic carbocycles. The minimum Gasteiger partial charge on any atom is -0.400 e. The third kappa shape index (κ3) is 4.56. The molecule has 0 unspecified atom stereocenters. The fourth-order valence-corrected chi connectivity index (χ4v) is 1.49. The van der Waals surface area contributed by atoms with Gasteiger partial charge >= 0.3 is 0 Å². The number of nitrogens with one attached hydrogen (secondary N) is 1. The van der Waals surface area contributed by atoms with Crippen molar-refractivity contribution < 1.29 is 4.79 Å². The normalized spacial score (nSPS) is 19.1. The summed E-state index contributed by atoms with van der Waals surface area (Å²) in [5.41, 5.74) is 7.62. The number of rotatable bonds is 4. The average Bonchev–Trinajstić information content (AvgIpc) is 2.28. The summed E-state index contributed by atoms with van der Waals surface area (Å²) in [6.45, 7) is 8.41. The Bertz CT molecular complexity index is 333. The molecule has 1 saturated heterocycles. The minimum absolute atomic E-state index is 0.104. The van der Waals surface area contributed by atoms with Crippen LogP contribution >= 0.6 is 0 Å². The van der Waals surface area contributed by atoms with E-state index < -0.39 is 0 Å². The van der Waals surface area contributed by atoms with E-state index in [1.165, 1.54) is 0 Å². The van der Waals surface area contributed by atoms with Gasteiger partial charge in [-0.2, -0.15) is 0 Å². The Hall–Kier alpha value is -1.36. The van der Waals surface area contributed by atoms with E-state index >= 15 is 0 Å². The van der Waals surface area contributed by atoms with Gasteiger partial charge in [-0.15, -0.1) is 0 Å². The number of carbonyl (C=O) groups is 1. The van der Waals surface area contributed by atoms with E-state index in [1.807, 2.05) is 20.8 Å². The van der Waals surface area contributed by atoms with Crippen molar-refractivity contribution >= 4 is 12.1 Å². The Labute approximate surface area is 103 Å². The zero-order valence-corrected chi connectivity index (χ0v) is 10.9. The van der Waals surface area contributed by atoms with Crippen molar-refractivity contribution in [3.05, 3.63) is 11.3 Å². The van der Waals surface area contributed by atoms with Gasteiger partial charge in [-0.05, 0) is 26.3 Å². The minimum atomic E-state index is 0.104. The third-order valence-electron chi connectivity index (χ3n) is 2.62. The molecular weight excluding hydrogens is 216 g/mol. The van der Waals surface area contributed by atoms with Gasteiger partial charge in [0.2, 0.25) is 5.91 Å². The van der Waals surface area contributed by atoms with Crippen LogP contribution in [-0.2, 0) is 4.79 Å². The maximum atomic E-state index is 11.6. The summed E-state index contributed by atoms with van der Waals surface area (Å²) in [6.07, 6.45) is 1.78. The van der Waals surface area contributed by atoms with Crippen LogP contribution in [0.15, 0.2) is 16.3 Å². The van der Waals surface area contributed by atoms with E-state index in [0.29, 0.717) is 25.3 Å². The lowest BCUT2D eigenvalue weighted by Gasteiger charge is -2.27. The first-order valence-corrected chi connectivity index (χ1v) is 5.97. The van der Waals surface area contributed by atoms with Crippen LogP contribution in [0.1, 0.15) is 20.8 Å². The van der Waals surface area contributed by atoms with Crippen molar-refractivity contribution in [1.29, 1.82) is 0 Å². The summed E-state index contributed by atoms with van der Waals surface area (Å²) in [5.74, 6) is 0.104. The second kappa shape index (κ2) is 6.39. The van der Waals surface area contributed by atoms with Gasteiger partial charge in [0.15, 0.2) is 0 Å². The molecule has 96 valence electrons. The van der Waals surface area contributed by atoms with Crippen molar-refractivity contribution in [1.82, 2.24) is 10.2 Å². The van der Waals surface area contributed by atoms with E-state index in [2.05, 4.69) is 10.3 Å². The van der Waals surface area contributed by atoms with Crippen LogP contribution in [0, 0.1) is 0 Å². The monoisotopic (exact) mass is 238 g/mol. The Morgan fingerprint density at radius 3 is 2.94 bits per heavy atom. The molecule has 0 radical (unpaired) electrons. The molecule has 5 nitrogen and oxygen atoms in total. The zero-order chi connectivity index (χ0) is 12.8. The summed E-state index contributed by atoms with van der Waals surface area (Å²) in [5, 5.41) is 3.03. The number of aliphatic imine (C=N–C) groups is 1. The maximum absolute atomic E-state index is 11.6. The van der Waals surface area contributed by atoms with Gasteiger partial charge in [0, 0.05) is 31.0 Å². The number of carbonyl (C=O) groups excluding carboxylic acids is 1. The second-order valence-corrected chi connectivity index (χ2v) is 4.57. The lowest BCUT2D eigenvalue weighted by Crippen LogP contribution is -2.49. The molecule has 0 aromatic heterocycles. The van der Waals surface area contributed by atoms with Crippen LogP contribution in [0.4, 0.5) is 0 Å². The number of hydrogen-bond acceptors (Lipinski definition) is 4. The fraction of sp³-hybridized carbons (Fsp3) is 0.667. The summed E-state index contributed by atoms with van der Waals surface area (Å²) in [4.78, 5) is 17.6. The average molecular weight is 238 g/mol. The van der Waals surface area contributed by atoms with E-state index in [1.54, 1.807) is 11.1 Å². The standard InChI is InChI=1S/C12H22N4O/c1-9(2)15-6-10(3)11(13)8-16-5-4-14-7-12(16)17/h6,9,14H,4-5,7-8,13H2,1-3H3. The Kier molecular flexibility index (Phi) is 5.15. The molecule has 3 N–H and O–H groups in total. The van der Waals surface area contributed by atoms with Crippen molar-refractivity contribution in [2.75, 3.05) is 26.2 Å². The molecule has 17 heavy (non-hydrogen) atoms. The summed E-state index contributed by atoms with van der Waals surface area (Å²) >= 11 is 0. The highest BCUT2D eigenvalue weighted by Crippen LogP contribution is 2.02. The lowest BCUT2D eigenvalue weighted by atomic mass is 10.2. The first kappa shape index (κ1) is 13.7. The summed E-state index contributed by atoms with van der Waals surface area (Å²) < 4.78 is 0. The van der Waals surface area contributed by atoms with Crippen LogP contribution < -0.4 is 11.1 Å². The Morgan fingerprint density at radius 1 is 1.65 bits per heavy atom. The molecule has 0 atom stereocenters.